The summed E-state index contributed by atoms with van der Waals surface area (Å²) < 4.78 is 46.3. The Labute approximate surface area is 121 Å². The largest absolute Gasteiger partial charge is 0.444 e. The first-order chi connectivity index (χ1) is 9.08. The zero-order valence-electron chi connectivity index (χ0n) is 11.4. The SMILES string of the molecule is CSc1c(F)c(F)c(NC(=O)OC(C)(C)C)c(F)c1P. The summed E-state index contributed by atoms with van der Waals surface area (Å²) in [6, 6.07) is 0. The summed E-state index contributed by atoms with van der Waals surface area (Å²) in [5, 5.41) is 1.74. The highest BCUT2D eigenvalue weighted by Gasteiger charge is 2.25. The van der Waals surface area contributed by atoms with E-state index in [2.05, 4.69) is 0 Å². The summed E-state index contributed by atoms with van der Waals surface area (Å²) in [4.78, 5) is 11.3. The highest BCUT2D eigenvalue weighted by atomic mass is 32.2. The summed E-state index contributed by atoms with van der Waals surface area (Å²) in [5.41, 5.74) is -1.70. The highest BCUT2D eigenvalue weighted by Crippen LogP contribution is 2.29. The molecule has 0 aliphatic carbocycles. The molecule has 112 valence electrons. The second kappa shape index (κ2) is 6.22. The molecule has 0 spiro atoms. The van der Waals surface area contributed by atoms with Gasteiger partial charge in [-0.25, -0.2) is 18.0 Å². The number of anilines is 1. The van der Waals surface area contributed by atoms with Crippen molar-refractivity contribution in [2.45, 2.75) is 31.3 Å². The van der Waals surface area contributed by atoms with Crippen LogP contribution in [0.15, 0.2) is 4.90 Å². The van der Waals surface area contributed by atoms with Crippen molar-refractivity contribution in [3.05, 3.63) is 17.5 Å². The van der Waals surface area contributed by atoms with Crippen molar-refractivity contribution in [3.8, 4) is 0 Å². The van der Waals surface area contributed by atoms with Gasteiger partial charge in [-0.1, -0.05) is 0 Å². The van der Waals surface area contributed by atoms with Gasteiger partial charge in [0.1, 0.15) is 11.3 Å². The third kappa shape index (κ3) is 3.79. The summed E-state index contributed by atoms with van der Waals surface area (Å²) in [5.74, 6) is -3.72. The van der Waals surface area contributed by atoms with E-state index < -0.39 is 34.8 Å². The minimum atomic E-state index is -1.45. The van der Waals surface area contributed by atoms with Crippen molar-refractivity contribution >= 4 is 38.1 Å². The number of thioether (sulfide) groups is 1. The molecule has 3 nitrogen and oxygen atoms in total. The van der Waals surface area contributed by atoms with E-state index in [0.29, 0.717) is 0 Å². The number of rotatable bonds is 2. The average molecular weight is 325 g/mol. The minimum absolute atomic E-state index is 0.151. The lowest BCUT2D eigenvalue weighted by Crippen LogP contribution is -2.28. The fourth-order valence-corrected chi connectivity index (χ4v) is 2.58. The maximum absolute atomic E-state index is 14.0. The third-order valence-electron chi connectivity index (χ3n) is 2.14. The van der Waals surface area contributed by atoms with Gasteiger partial charge in [-0.05, 0) is 27.0 Å². The van der Waals surface area contributed by atoms with Crippen LogP contribution < -0.4 is 10.6 Å². The van der Waals surface area contributed by atoms with Crippen molar-refractivity contribution in [3.63, 3.8) is 0 Å². The number of amides is 1. The van der Waals surface area contributed by atoms with Gasteiger partial charge in [0, 0.05) is 5.30 Å². The molecule has 0 heterocycles. The molecule has 0 fully saturated rings. The second-order valence-electron chi connectivity index (χ2n) is 4.89. The summed E-state index contributed by atoms with van der Waals surface area (Å²) in [7, 11) is 1.99. The van der Waals surface area contributed by atoms with Crippen molar-refractivity contribution in [1.82, 2.24) is 0 Å². The summed E-state index contributed by atoms with van der Waals surface area (Å²) >= 11 is 0.868. The number of nitrogens with one attached hydrogen (secondary N) is 1. The summed E-state index contributed by atoms with van der Waals surface area (Å²) in [6.07, 6.45) is 0.433. The topological polar surface area (TPSA) is 38.3 Å². The van der Waals surface area contributed by atoms with Crippen LogP contribution >= 0.6 is 21.0 Å². The molecule has 1 aromatic carbocycles. The van der Waals surface area contributed by atoms with E-state index >= 15 is 0 Å². The first kappa shape index (κ1) is 17.1. The molecule has 0 aliphatic rings. The predicted molar refractivity (Wildman–Crippen MR) is 77.3 cm³/mol. The first-order valence-electron chi connectivity index (χ1n) is 5.58. The fourth-order valence-electron chi connectivity index (χ4n) is 1.37. The van der Waals surface area contributed by atoms with E-state index in [1.54, 1.807) is 20.8 Å². The van der Waals surface area contributed by atoms with E-state index in [1.807, 2.05) is 14.6 Å². The Hall–Kier alpha value is -0.940. The maximum atomic E-state index is 14.0. The molecule has 1 unspecified atom stereocenters. The van der Waals surface area contributed by atoms with Crippen LogP contribution in [0.1, 0.15) is 20.8 Å². The molecule has 1 aromatic rings. The molecule has 1 atom stereocenters. The molecule has 0 bridgehead atoms. The van der Waals surface area contributed by atoms with Gasteiger partial charge in [-0.2, -0.15) is 0 Å². The van der Waals surface area contributed by atoms with Crippen LogP contribution in [0.3, 0.4) is 0 Å². The van der Waals surface area contributed by atoms with E-state index in [9.17, 15) is 18.0 Å². The van der Waals surface area contributed by atoms with Gasteiger partial charge in [0.05, 0.1) is 4.90 Å². The third-order valence-corrected chi connectivity index (χ3v) is 3.70. The molecular formula is C12H15F3NO2PS. The lowest BCUT2D eigenvalue weighted by Gasteiger charge is -2.20. The van der Waals surface area contributed by atoms with Gasteiger partial charge < -0.3 is 4.74 Å². The van der Waals surface area contributed by atoms with Gasteiger partial charge in [-0.15, -0.1) is 21.0 Å². The quantitative estimate of drug-likeness (QED) is 0.512. The molecule has 0 radical (unpaired) electrons. The van der Waals surface area contributed by atoms with Crippen LogP contribution in [0.4, 0.5) is 23.7 Å². The van der Waals surface area contributed by atoms with Crippen LogP contribution in [-0.4, -0.2) is 18.0 Å². The van der Waals surface area contributed by atoms with Crippen molar-refractivity contribution < 1.29 is 22.7 Å². The van der Waals surface area contributed by atoms with E-state index in [1.165, 1.54) is 6.26 Å². The summed E-state index contributed by atoms with van der Waals surface area (Å²) in [6.45, 7) is 4.79. The van der Waals surface area contributed by atoms with Crippen LogP contribution in [-0.2, 0) is 4.74 Å². The number of benzene rings is 1. The van der Waals surface area contributed by atoms with Crippen molar-refractivity contribution in [2.75, 3.05) is 11.6 Å². The van der Waals surface area contributed by atoms with Gasteiger partial charge in [0.2, 0.25) is 0 Å². The molecule has 1 rings (SSSR count). The smallest absolute Gasteiger partial charge is 0.412 e. The highest BCUT2D eigenvalue weighted by molar-refractivity contribution is 7.99. The number of carbonyl (C=O) groups is 1. The van der Waals surface area contributed by atoms with Gasteiger partial charge >= 0.3 is 6.09 Å². The molecule has 20 heavy (non-hydrogen) atoms. The number of halogens is 3. The Bertz CT molecular complexity index is 517. The standard InChI is InChI=1S/C12H15F3NO2PS/c1-12(2,3)18-11(17)16-8-5(13)6(14)10(20-4)9(19)7(8)15/h19H2,1-4H3,(H,16,17). The number of carbonyl (C=O) groups excluding carboxylic acids is 1. The minimum Gasteiger partial charge on any atom is -0.444 e. The van der Waals surface area contributed by atoms with E-state index in [0.717, 1.165) is 11.8 Å². The second-order valence-corrected chi connectivity index (χ2v) is 6.28. The molecule has 8 heteroatoms. The average Bonchev–Trinajstić information content (AvgIpc) is 2.31. The fraction of sp³-hybridized carbons (Fsp3) is 0.417. The van der Waals surface area contributed by atoms with Crippen LogP contribution in [0.5, 0.6) is 0 Å². The number of hydrogen-bond acceptors (Lipinski definition) is 3. The zero-order chi connectivity index (χ0) is 15.7. The van der Waals surface area contributed by atoms with Gasteiger partial charge in [-0.3, -0.25) is 5.32 Å². The van der Waals surface area contributed by atoms with E-state index in [-0.39, 0.29) is 10.2 Å². The molecule has 0 saturated heterocycles. The molecule has 0 aromatic heterocycles. The van der Waals surface area contributed by atoms with Crippen LogP contribution in [0.2, 0.25) is 0 Å². The Balaban J connectivity index is 3.17. The monoisotopic (exact) mass is 325 g/mol. The Morgan fingerprint density at radius 2 is 1.75 bits per heavy atom. The molecule has 0 aliphatic heterocycles. The molecule has 1 N–H and O–H groups in total. The molecule has 1 amide bonds. The number of ether oxygens (including phenoxy) is 1. The first-order valence-corrected chi connectivity index (χ1v) is 7.38. The Morgan fingerprint density at radius 1 is 1.20 bits per heavy atom. The normalized spacial score (nSPS) is 11.4. The molecule has 0 saturated carbocycles. The predicted octanol–water partition coefficient (Wildman–Crippen LogP) is 3.67. The number of hydrogen-bond donors (Lipinski definition) is 1. The lowest BCUT2D eigenvalue weighted by molar-refractivity contribution is 0.0634. The Kier molecular flexibility index (Phi) is 5.33. The lowest BCUT2D eigenvalue weighted by atomic mass is 10.2. The van der Waals surface area contributed by atoms with Gasteiger partial charge in [0.15, 0.2) is 17.5 Å². The molecular weight excluding hydrogens is 310 g/mol. The van der Waals surface area contributed by atoms with Crippen molar-refractivity contribution in [1.29, 1.82) is 0 Å². The van der Waals surface area contributed by atoms with Crippen LogP contribution in [0, 0.1) is 17.5 Å². The van der Waals surface area contributed by atoms with Gasteiger partial charge in [0.25, 0.3) is 0 Å². The van der Waals surface area contributed by atoms with Crippen LogP contribution in [0.25, 0.3) is 0 Å². The zero-order valence-corrected chi connectivity index (χ0v) is 13.4. The van der Waals surface area contributed by atoms with Crippen molar-refractivity contribution in [2.24, 2.45) is 0 Å². The Morgan fingerprint density at radius 3 is 2.20 bits per heavy atom. The van der Waals surface area contributed by atoms with E-state index in [4.69, 9.17) is 4.74 Å². The maximum Gasteiger partial charge on any atom is 0.412 e.